The van der Waals surface area contributed by atoms with Gasteiger partial charge in [-0.05, 0) is 48.5 Å². The number of nitrogens with zero attached hydrogens (tertiary/aromatic N) is 3. The topological polar surface area (TPSA) is 48.3 Å². The summed E-state index contributed by atoms with van der Waals surface area (Å²) < 4.78 is 34.2. The summed E-state index contributed by atoms with van der Waals surface area (Å²) in [5, 5.41) is 7.33. The molecule has 1 saturated heterocycles. The second-order valence-corrected chi connectivity index (χ2v) is 8.17. The zero-order valence-corrected chi connectivity index (χ0v) is 17.8. The molecule has 1 atom stereocenters. The Labute approximate surface area is 185 Å². The highest BCUT2D eigenvalue weighted by Crippen LogP contribution is 2.37. The van der Waals surface area contributed by atoms with Gasteiger partial charge in [-0.1, -0.05) is 24.3 Å². The van der Waals surface area contributed by atoms with E-state index < -0.39 is 0 Å². The molecule has 1 fully saturated rings. The maximum atomic E-state index is 15.3. The van der Waals surface area contributed by atoms with E-state index in [0.717, 1.165) is 43.0 Å². The van der Waals surface area contributed by atoms with Crippen molar-refractivity contribution < 1.29 is 13.2 Å². The van der Waals surface area contributed by atoms with Gasteiger partial charge in [0, 0.05) is 37.3 Å². The number of benzene rings is 2. The number of nitrogens with one attached hydrogen (secondary N) is 1. The van der Waals surface area contributed by atoms with Crippen LogP contribution in [0.1, 0.15) is 17.2 Å². The fourth-order valence-corrected chi connectivity index (χ4v) is 4.35. The van der Waals surface area contributed by atoms with E-state index >= 15 is 4.39 Å². The molecule has 2 aromatic carbocycles. The molecule has 32 heavy (non-hydrogen) atoms. The second kappa shape index (κ2) is 8.68. The zero-order chi connectivity index (χ0) is 22.1. The highest BCUT2D eigenvalue weighted by atomic mass is 19.1. The molecule has 1 aliphatic rings. The summed E-state index contributed by atoms with van der Waals surface area (Å²) >= 11 is 0. The van der Waals surface area contributed by atoms with Crippen molar-refractivity contribution >= 4 is 0 Å². The molecule has 1 unspecified atom stereocenters. The van der Waals surface area contributed by atoms with Crippen LogP contribution < -0.4 is 0 Å². The molecule has 2 aromatic heterocycles. The normalized spacial score (nSPS) is 16.3. The van der Waals surface area contributed by atoms with Gasteiger partial charge in [-0.15, -0.1) is 0 Å². The third-order valence-electron chi connectivity index (χ3n) is 6.10. The fraction of sp³-hybridized carbons (Fsp3) is 0.240. The first-order valence-electron chi connectivity index (χ1n) is 10.7. The number of hydrogen-bond donors (Lipinski definition) is 1. The first-order valence-corrected chi connectivity index (χ1v) is 10.7. The number of aromatic amines is 1. The van der Waals surface area contributed by atoms with Crippen molar-refractivity contribution in [3.8, 4) is 22.6 Å². The Morgan fingerprint density at radius 3 is 2.47 bits per heavy atom. The summed E-state index contributed by atoms with van der Waals surface area (Å²) in [5.41, 5.74) is 3.67. The van der Waals surface area contributed by atoms with Crippen LogP contribution in [-0.4, -0.2) is 53.2 Å². The summed E-state index contributed by atoms with van der Waals surface area (Å²) in [5.74, 6) is 0.0163. The van der Waals surface area contributed by atoms with E-state index in [2.05, 4.69) is 27.0 Å². The molecule has 5 rings (SSSR count). The minimum atomic E-state index is -0.341. The van der Waals surface area contributed by atoms with Gasteiger partial charge in [-0.3, -0.25) is 10.00 Å². The van der Waals surface area contributed by atoms with Crippen molar-refractivity contribution in [1.82, 2.24) is 20.0 Å². The number of halogens is 2. The Morgan fingerprint density at radius 2 is 1.78 bits per heavy atom. The molecule has 7 heteroatoms. The van der Waals surface area contributed by atoms with Gasteiger partial charge >= 0.3 is 0 Å². The highest BCUT2D eigenvalue weighted by Gasteiger charge is 2.30. The molecule has 1 aliphatic heterocycles. The average Bonchev–Trinajstić information content (AvgIpc) is 3.48. The van der Waals surface area contributed by atoms with E-state index in [1.165, 1.54) is 12.1 Å². The Hall–Kier alpha value is -3.29. The number of H-pyrrole nitrogens is 1. The molecule has 4 aromatic rings. The lowest BCUT2D eigenvalue weighted by Gasteiger charge is -2.38. The van der Waals surface area contributed by atoms with Gasteiger partial charge in [0.15, 0.2) is 5.76 Å². The predicted molar refractivity (Wildman–Crippen MR) is 119 cm³/mol. The second-order valence-electron chi connectivity index (χ2n) is 8.17. The van der Waals surface area contributed by atoms with E-state index in [1.807, 2.05) is 18.2 Å². The van der Waals surface area contributed by atoms with Crippen molar-refractivity contribution in [2.45, 2.75) is 6.04 Å². The largest absolute Gasteiger partial charge is 0.463 e. The van der Waals surface area contributed by atoms with Crippen molar-refractivity contribution in [2.75, 3.05) is 33.2 Å². The summed E-state index contributed by atoms with van der Waals surface area (Å²) in [4.78, 5) is 4.64. The van der Waals surface area contributed by atoms with Crippen LogP contribution in [-0.2, 0) is 0 Å². The molecule has 5 nitrogen and oxygen atoms in total. The lowest BCUT2D eigenvalue weighted by atomic mass is 9.93. The lowest BCUT2D eigenvalue weighted by molar-refractivity contribution is 0.127. The maximum Gasteiger partial charge on any atom is 0.151 e. The van der Waals surface area contributed by atoms with Gasteiger partial charge in [-0.2, -0.15) is 5.10 Å². The standard InChI is InChI=1S/C25H24F2N4O/c1-30-10-12-31(13-11-30)25(21-16-28-29-24(21)23-3-2-14-32-23)18-6-9-20(22(27)15-18)17-4-7-19(26)8-5-17/h2-9,14-16,25H,10-13H2,1H3,(H,28,29). The summed E-state index contributed by atoms with van der Waals surface area (Å²) in [6, 6.07) is 14.7. The average molecular weight is 434 g/mol. The monoisotopic (exact) mass is 434 g/mol. The molecule has 0 saturated carbocycles. The Morgan fingerprint density at radius 1 is 1.00 bits per heavy atom. The van der Waals surface area contributed by atoms with Crippen molar-refractivity contribution in [2.24, 2.45) is 0 Å². The van der Waals surface area contributed by atoms with Crippen LogP contribution in [0.4, 0.5) is 8.78 Å². The molecule has 0 radical (unpaired) electrons. The van der Waals surface area contributed by atoms with Crippen molar-refractivity contribution in [3.63, 3.8) is 0 Å². The molecule has 3 heterocycles. The molecule has 0 aliphatic carbocycles. The summed E-state index contributed by atoms with van der Waals surface area (Å²) in [6.07, 6.45) is 3.43. The molecular formula is C25H24F2N4O. The molecule has 164 valence electrons. The fourth-order valence-electron chi connectivity index (χ4n) is 4.35. The molecule has 0 amide bonds. The van der Waals surface area contributed by atoms with Gasteiger partial charge in [0.05, 0.1) is 18.5 Å². The summed E-state index contributed by atoms with van der Waals surface area (Å²) in [7, 11) is 2.11. The Bertz CT molecular complexity index is 1180. The van der Waals surface area contributed by atoms with E-state index in [0.29, 0.717) is 16.9 Å². The third kappa shape index (κ3) is 3.97. The predicted octanol–water partition coefficient (Wildman–Crippen LogP) is 4.95. The number of aromatic nitrogens is 2. The Balaban J connectivity index is 1.56. The number of hydrogen-bond acceptors (Lipinski definition) is 4. The van der Waals surface area contributed by atoms with Crippen LogP contribution in [0, 0.1) is 11.6 Å². The van der Waals surface area contributed by atoms with E-state index in [4.69, 9.17) is 4.42 Å². The number of likely N-dealkylation sites (N-methyl/N-ethyl adjacent to an activating group) is 1. The van der Waals surface area contributed by atoms with Gasteiger partial charge in [0.25, 0.3) is 0 Å². The SMILES string of the molecule is CN1CCN(C(c2ccc(-c3ccc(F)cc3)c(F)c2)c2cn[nH]c2-c2ccco2)CC1. The van der Waals surface area contributed by atoms with E-state index in [9.17, 15) is 4.39 Å². The van der Waals surface area contributed by atoms with Crippen molar-refractivity contribution in [3.05, 3.63) is 89.8 Å². The van der Waals surface area contributed by atoms with Gasteiger partial charge in [-0.25, -0.2) is 8.78 Å². The van der Waals surface area contributed by atoms with Crippen molar-refractivity contribution in [1.29, 1.82) is 0 Å². The van der Waals surface area contributed by atoms with Crippen LogP contribution in [0.25, 0.3) is 22.6 Å². The van der Waals surface area contributed by atoms with Crippen LogP contribution in [0.15, 0.2) is 71.5 Å². The number of rotatable bonds is 5. The Kier molecular flexibility index (Phi) is 5.59. The number of piperazine rings is 1. The molecule has 0 spiro atoms. The number of furan rings is 1. The maximum absolute atomic E-state index is 15.3. The minimum absolute atomic E-state index is 0.181. The molecule has 0 bridgehead atoms. The first kappa shape index (κ1) is 20.6. The molecular weight excluding hydrogens is 410 g/mol. The first-order chi connectivity index (χ1) is 15.6. The van der Waals surface area contributed by atoms with Crippen LogP contribution in [0.2, 0.25) is 0 Å². The highest BCUT2D eigenvalue weighted by molar-refractivity contribution is 5.65. The summed E-state index contributed by atoms with van der Waals surface area (Å²) in [6.45, 7) is 3.57. The van der Waals surface area contributed by atoms with Crippen LogP contribution >= 0.6 is 0 Å². The van der Waals surface area contributed by atoms with E-state index in [-0.39, 0.29) is 17.7 Å². The van der Waals surface area contributed by atoms with Gasteiger partial charge in [0.2, 0.25) is 0 Å². The molecule has 1 N–H and O–H groups in total. The van der Waals surface area contributed by atoms with Crippen LogP contribution in [0.3, 0.4) is 0 Å². The van der Waals surface area contributed by atoms with Crippen LogP contribution in [0.5, 0.6) is 0 Å². The lowest BCUT2D eigenvalue weighted by Crippen LogP contribution is -2.46. The quantitative estimate of drug-likeness (QED) is 0.483. The smallest absolute Gasteiger partial charge is 0.151 e. The zero-order valence-electron chi connectivity index (χ0n) is 17.8. The third-order valence-corrected chi connectivity index (χ3v) is 6.10. The van der Waals surface area contributed by atoms with E-state index in [1.54, 1.807) is 36.7 Å². The minimum Gasteiger partial charge on any atom is -0.463 e. The van der Waals surface area contributed by atoms with Gasteiger partial charge in [0.1, 0.15) is 17.3 Å². The van der Waals surface area contributed by atoms with Gasteiger partial charge < -0.3 is 9.32 Å².